The normalized spacial score (nSPS) is 18.6. The highest BCUT2D eigenvalue weighted by Gasteiger charge is 2.32. The number of morpholine rings is 1. The number of carbonyl (C=O) groups is 1. The quantitative estimate of drug-likeness (QED) is 0.732. The molecule has 10 heteroatoms. The molecule has 0 atom stereocenters. The molecule has 0 aliphatic carbocycles. The summed E-state index contributed by atoms with van der Waals surface area (Å²) in [7, 11) is 0. The van der Waals surface area contributed by atoms with Crippen LogP contribution in [0.2, 0.25) is 0 Å². The van der Waals surface area contributed by atoms with Gasteiger partial charge in [0.2, 0.25) is 0 Å². The molecule has 0 radical (unpaired) electrons. The van der Waals surface area contributed by atoms with Gasteiger partial charge in [-0.15, -0.1) is 11.3 Å². The second-order valence-corrected chi connectivity index (χ2v) is 8.20. The molecule has 30 heavy (non-hydrogen) atoms. The van der Waals surface area contributed by atoms with Crippen LogP contribution in [0.25, 0.3) is 0 Å². The van der Waals surface area contributed by atoms with Gasteiger partial charge in [0.1, 0.15) is 0 Å². The van der Waals surface area contributed by atoms with E-state index in [0.717, 1.165) is 55.8 Å². The SMILES string of the molecule is O=C(c1cccc(C(F)(F)F)c1)N1CCN(c2nc(CN3CCOCC3)cs2)CC1. The Morgan fingerprint density at radius 3 is 2.53 bits per heavy atom. The maximum Gasteiger partial charge on any atom is 0.416 e. The van der Waals surface area contributed by atoms with Gasteiger partial charge in [0.05, 0.1) is 24.5 Å². The van der Waals surface area contributed by atoms with Gasteiger partial charge in [-0.2, -0.15) is 13.2 Å². The van der Waals surface area contributed by atoms with Crippen LogP contribution in [0, 0.1) is 0 Å². The first kappa shape index (κ1) is 21.1. The van der Waals surface area contributed by atoms with Crippen molar-refractivity contribution < 1.29 is 22.7 Å². The fraction of sp³-hybridized carbons (Fsp3) is 0.500. The van der Waals surface area contributed by atoms with Crippen LogP contribution in [0.1, 0.15) is 21.6 Å². The lowest BCUT2D eigenvalue weighted by Gasteiger charge is -2.34. The molecule has 2 aliphatic heterocycles. The molecule has 3 heterocycles. The first-order chi connectivity index (χ1) is 14.4. The summed E-state index contributed by atoms with van der Waals surface area (Å²) < 4.78 is 44.1. The molecule has 0 spiro atoms. The molecule has 2 saturated heterocycles. The zero-order chi connectivity index (χ0) is 21.1. The third-order valence-corrected chi connectivity index (χ3v) is 6.25. The van der Waals surface area contributed by atoms with E-state index in [1.807, 2.05) is 0 Å². The Hall–Kier alpha value is -2.17. The van der Waals surface area contributed by atoms with Crippen LogP contribution in [0.5, 0.6) is 0 Å². The Balaban J connectivity index is 1.33. The number of alkyl halides is 3. The predicted molar refractivity (Wildman–Crippen MR) is 108 cm³/mol. The zero-order valence-corrected chi connectivity index (χ0v) is 17.2. The van der Waals surface area contributed by atoms with Crippen molar-refractivity contribution in [1.29, 1.82) is 0 Å². The number of hydrogen-bond donors (Lipinski definition) is 0. The molecular formula is C20H23F3N4O2S. The van der Waals surface area contributed by atoms with E-state index in [0.29, 0.717) is 26.2 Å². The molecule has 1 amide bonds. The largest absolute Gasteiger partial charge is 0.416 e. The van der Waals surface area contributed by atoms with Crippen LogP contribution in [0.3, 0.4) is 0 Å². The fourth-order valence-electron chi connectivity index (χ4n) is 3.61. The van der Waals surface area contributed by atoms with Crippen LogP contribution in [0.4, 0.5) is 18.3 Å². The first-order valence-electron chi connectivity index (χ1n) is 9.86. The summed E-state index contributed by atoms with van der Waals surface area (Å²) in [6.45, 7) is 6.23. The number of nitrogens with zero attached hydrogens (tertiary/aromatic N) is 4. The van der Waals surface area contributed by atoms with E-state index in [1.54, 1.807) is 16.2 Å². The van der Waals surface area contributed by atoms with Crippen molar-refractivity contribution in [2.24, 2.45) is 0 Å². The number of amides is 1. The van der Waals surface area contributed by atoms with E-state index >= 15 is 0 Å². The number of carbonyl (C=O) groups excluding carboxylic acids is 1. The van der Waals surface area contributed by atoms with E-state index in [2.05, 4.69) is 15.2 Å². The molecule has 162 valence electrons. The van der Waals surface area contributed by atoms with E-state index < -0.39 is 11.7 Å². The number of benzene rings is 1. The van der Waals surface area contributed by atoms with Crippen molar-refractivity contribution in [3.8, 4) is 0 Å². The Kier molecular flexibility index (Phi) is 6.26. The van der Waals surface area contributed by atoms with Crippen molar-refractivity contribution in [3.05, 3.63) is 46.5 Å². The molecule has 0 N–H and O–H groups in total. The van der Waals surface area contributed by atoms with Gasteiger partial charge < -0.3 is 14.5 Å². The number of ether oxygens (including phenoxy) is 1. The fourth-order valence-corrected chi connectivity index (χ4v) is 4.48. The number of halogens is 3. The van der Waals surface area contributed by atoms with E-state index in [9.17, 15) is 18.0 Å². The van der Waals surface area contributed by atoms with Gasteiger partial charge in [-0.1, -0.05) is 6.07 Å². The van der Waals surface area contributed by atoms with Crippen molar-refractivity contribution in [3.63, 3.8) is 0 Å². The van der Waals surface area contributed by atoms with E-state index in [-0.39, 0.29) is 11.5 Å². The molecule has 2 fully saturated rings. The van der Waals surface area contributed by atoms with Gasteiger partial charge in [-0.25, -0.2) is 4.98 Å². The molecule has 6 nitrogen and oxygen atoms in total. The molecule has 2 aliphatic rings. The molecule has 1 aromatic carbocycles. The Bertz CT molecular complexity index is 875. The highest BCUT2D eigenvalue weighted by atomic mass is 32.1. The van der Waals surface area contributed by atoms with Crippen molar-refractivity contribution >= 4 is 22.4 Å². The van der Waals surface area contributed by atoms with E-state index in [1.165, 1.54) is 12.1 Å². The number of aromatic nitrogens is 1. The number of anilines is 1. The van der Waals surface area contributed by atoms with Crippen LogP contribution in [-0.2, 0) is 17.5 Å². The number of piperazine rings is 1. The Morgan fingerprint density at radius 1 is 1.10 bits per heavy atom. The standard InChI is InChI=1S/C20H23F3N4O2S/c21-20(22,23)16-3-1-2-15(12-16)18(28)26-4-6-27(7-5-26)19-24-17(14-30-19)13-25-8-10-29-11-9-25/h1-3,12,14H,4-11,13H2. The van der Waals surface area contributed by atoms with Gasteiger partial charge in [-0.3, -0.25) is 9.69 Å². The van der Waals surface area contributed by atoms with Crippen LogP contribution in [-0.4, -0.2) is 73.2 Å². The molecule has 0 unspecified atom stereocenters. The molecule has 2 aromatic rings. The summed E-state index contributed by atoms with van der Waals surface area (Å²) in [6, 6.07) is 4.61. The van der Waals surface area contributed by atoms with Gasteiger partial charge in [0.15, 0.2) is 5.13 Å². The highest BCUT2D eigenvalue weighted by Crippen LogP contribution is 2.30. The van der Waals surface area contributed by atoms with Gasteiger partial charge in [-0.05, 0) is 18.2 Å². The summed E-state index contributed by atoms with van der Waals surface area (Å²) in [6.07, 6.45) is -4.46. The summed E-state index contributed by atoms with van der Waals surface area (Å²) >= 11 is 1.58. The minimum absolute atomic E-state index is 0.0697. The summed E-state index contributed by atoms with van der Waals surface area (Å²) in [5.41, 5.74) is 0.294. The lowest BCUT2D eigenvalue weighted by Crippen LogP contribution is -2.48. The molecule has 1 aromatic heterocycles. The number of thiazole rings is 1. The Morgan fingerprint density at radius 2 is 1.83 bits per heavy atom. The number of rotatable bonds is 4. The van der Waals surface area contributed by atoms with Crippen molar-refractivity contribution in [1.82, 2.24) is 14.8 Å². The minimum atomic E-state index is -4.46. The molecule has 4 rings (SSSR count). The molecule has 0 saturated carbocycles. The van der Waals surface area contributed by atoms with Crippen LogP contribution in [0.15, 0.2) is 29.6 Å². The maximum absolute atomic E-state index is 12.9. The third-order valence-electron chi connectivity index (χ3n) is 5.30. The average Bonchev–Trinajstić information content (AvgIpc) is 3.22. The summed E-state index contributed by atoms with van der Waals surface area (Å²) in [5, 5.41) is 2.98. The van der Waals surface area contributed by atoms with Crippen molar-refractivity contribution in [2.75, 3.05) is 57.4 Å². The van der Waals surface area contributed by atoms with Gasteiger partial charge >= 0.3 is 6.18 Å². The smallest absolute Gasteiger partial charge is 0.379 e. The van der Waals surface area contributed by atoms with Crippen molar-refractivity contribution in [2.45, 2.75) is 12.7 Å². The highest BCUT2D eigenvalue weighted by molar-refractivity contribution is 7.13. The minimum Gasteiger partial charge on any atom is -0.379 e. The third kappa shape index (κ3) is 4.93. The monoisotopic (exact) mass is 440 g/mol. The second kappa shape index (κ2) is 8.91. The maximum atomic E-state index is 12.9. The average molecular weight is 440 g/mol. The zero-order valence-electron chi connectivity index (χ0n) is 16.4. The van der Waals surface area contributed by atoms with Crippen LogP contribution < -0.4 is 4.90 Å². The molecule has 0 bridgehead atoms. The number of hydrogen-bond acceptors (Lipinski definition) is 6. The summed E-state index contributed by atoms with van der Waals surface area (Å²) in [4.78, 5) is 23.4. The lowest BCUT2D eigenvalue weighted by atomic mass is 10.1. The second-order valence-electron chi connectivity index (χ2n) is 7.37. The Labute approximate surface area is 176 Å². The lowest BCUT2D eigenvalue weighted by molar-refractivity contribution is -0.137. The summed E-state index contributed by atoms with van der Waals surface area (Å²) in [5.74, 6) is -0.368. The molecular weight excluding hydrogens is 417 g/mol. The van der Waals surface area contributed by atoms with Gasteiger partial charge in [0.25, 0.3) is 5.91 Å². The van der Waals surface area contributed by atoms with Crippen LogP contribution >= 0.6 is 11.3 Å². The topological polar surface area (TPSA) is 48.9 Å². The van der Waals surface area contributed by atoms with Gasteiger partial charge in [0, 0.05) is 56.8 Å². The first-order valence-corrected chi connectivity index (χ1v) is 10.7. The van der Waals surface area contributed by atoms with E-state index in [4.69, 9.17) is 9.72 Å². The predicted octanol–water partition coefficient (Wildman–Crippen LogP) is 2.96.